The van der Waals surface area contributed by atoms with Gasteiger partial charge >= 0.3 is 0 Å². The van der Waals surface area contributed by atoms with Gasteiger partial charge in [0.1, 0.15) is 0 Å². The second-order valence-corrected chi connectivity index (χ2v) is 7.68. The fourth-order valence-electron chi connectivity index (χ4n) is 2.17. The lowest BCUT2D eigenvalue weighted by atomic mass is 9.89. The van der Waals surface area contributed by atoms with Gasteiger partial charge in [0.25, 0.3) is 0 Å². The second-order valence-electron chi connectivity index (χ2n) is 5.21. The van der Waals surface area contributed by atoms with Crippen molar-refractivity contribution in [2.24, 2.45) is 5.41 Å². The van der Waals surface area contributed by atoms with Gasteiger partial charge in [-0.25, -0.2) is 8.42 Å². The topological polar surface area (TPSA) is 49.4 Å². The molecule has 1 rings (SSSR count). The van der Waals surface area contributed by atoms with Crippen molar-refractivity contribution < 1.29 is 8.42 Å². The molecule has 1 aliphatic rings. The molecule has 4 nitrogen and oxygen atoms in total. The maximum absolute atomic E-state index is 11.4. The molecule has 96 valence electrons. The molecule has 0 aromatic rings. The summed E-state index contributed by atoms with van der Waals surface area (Å²) in [6.45, 7) is 7.70. The van der Waals surface area contributed by atoms with Crippen LogP contribution in [0.15, 0.2) is 0 Å². The highest BCUT2D eigenvalue weighted by Gasteiger charge is 2.29. The number of hydrogen-bond acceptors (Lipinski definition) is 4. The fraction of sp³-hybridized carbons (Fsp3) is 1.00. The van der Waals surface area contributed by atoms with Crippen molar-refractivity contribution in [2.45, 2.75) is 20.3 Å². The van der Waals surface area contributed by atoms with Crippen molar-refractivity contribution in [3.05, 3.63) is 0 Å². The summed E-state index contributed by atoms with van der Waals surface area (Å²) in [7, 11) is -0.817. The third-order valence-electron chi connectivity index (χ3n) is 3.33. The van der Waals surface area contributed by atoms with E-state index in [2.05, 4.69) is 17.1 Å². The monoisotopic (exact) mass is 248 g/mol. The van der Waals surface area contributed by atoms with Crippen LogP contribution in [0.1, 0.15) is 20.3 Å². The van der Waals surface area contributed by atoms with Gasteiger partial charge in [0, 0.05) is 25.4 Å². The minimum absolute atomic E-state index is 0.250. The van der Waals surface area contributed by atoms with E-state index in [1.165, 1.54) is 6.42 Å². The molecular weight excluding hydrogens is 224 g/mol. The first kappa shape index (κ1) is 13.9. The van der Waals surface area contributed by atoms with Crippen LogP contribution in [0.5, 0.6) is 0 Å². The highest BCUT2D eigenvalue weighted by molar-refractivity contribution is 7.91. The molecule has 0 spiro atoms. The van der Waals surface area contributed by atoms with Crippen LogP contribution < -0.4 is 5.32 Å². The third-order valence-corrected chi connectivity index (χ3v) is 5.02. The molecule has 1 heterocycles. The first-order valence-corrected chi connectivity index (χ1v) is 7.79. The average Bonchev–Trinajstić information content (AvgIpc) is 2.62. The molecule has 0 bridgehead atoms. The first-order chi connectivity index (χ1) is 7.37. The van der Waals surface area contributed by atoms with E-state index < -0.39 is 9.84 Å². The van der Waals surface area contributed by atoms with E-state index >= 15 is 0 Å². The summed E-state index contributed by atoms with van der Waals surface area (Å²) >= 11 is 0. The van der Waals surface area contributed by atoms with Gasteiger partial charge in [-0.3, -0.25) is 0 Å². The molecule has 1 N–H and O–H groups in total. The molecule has 0 aromatic carbocycles. The van der Waals surface area contributed by atoms with Crippen LogP contribution in [-0.4, -0.2) is 58.1 Å². The summed E-state index contributed by atoms with van der Waals surface area (Å²) in [6, 6.07) is 0. The lowest BCUT2D eigenvalue weighted by molar-refractivity contribution is 0.217. The fourth-order valence-corrected chi connectivity index (χ4v) is 3.05. The molecule has 1 fully saturated rings. The van der Waals surface area contributed by atoms with Crippen LogP contribution in [0.3, 0.4) is 0 Å². The molecule has 0 aromatic heterocycles. The highest BCUT2D eigenvalue weighted by atomic mass is 32.2. The van der Waals surface area contributed by atoms with Crippen molar-refractivity contribution in [1.29, 1.82) is 0 Å². The zero-order valence-electron chi connectivity index (χ0n) is 10.6. The maximum Gasteiger partial charge on any atom is 0.151 e. The van der Waals surface area contributed by atoms with E-state index in [0.717, 1.165) is 19.6 Å². The van der Waals surface area contributed by atoms with E-state index in [1.54, 1.807) is 6.92 Å². The van der Waals surface area contributed by atoms with Gasteiger partial charge in [-0.1, -0.05) is 13.8 Å². The van der Waals surface area contributed by atoms with Crippen LogP contribution in [-0.2, 0) is 9.84 Å². The molecule has 0 amide bonds. The minimum Gasteiger partial charge on any atom is -0.316 e. The summed E-state index contributed by atoms with van der Waals surface area (Å²) < 4.78 is 22.8. The summed E-state index contributed by atoms with van der Waals surface area (Å²) in [5.41, 5.74) is 0.310. The van der Waals surface area contributed by atoms with Gasteiger partial charge in [-0.15, -0.1) is 0 Å². The third kappa shape index (κ3) is 4.39. The predicted octanol–water partition coefficient (Wildman–Crippen LogP) is 0.353. The zero-order chi connectivity index (χ0) is 12.2. The molecule has 1 saturated heterocycles. The summed E-state index contributed by atoms with van der Waals surface area (Å²) in [5.74, 6) is 0.531. The molecule has 0 aliphatic carbocycles. The SMILES string of the molecule is CCS(=O)(=O)CCN(C)CC1(C)CCNC1. The van der Waals surface area contributed by atoms with Gasteiger partial charge in [0.2, 0.25) is 0 Å². The summed E-state index contributed by atoms with van der Waals surface area (Å²) in [4.78, 5) is 2.14. The van der Waals surface area contributed by atoms with Crippen molar-refractivity contribution in [3.63, 3.8) is 0 Å². The lowest BCUT2D eigenvalue weighted by Gasteiger charge is -2.29. The van der Waals surface area contributed by atoms with Gasteiger partial charge in [0.05, 0.1) is 5.75 Å². The quantitative estimate of drug-likeness (QED) is 0.737. The molecular formula is C11H24N2O2S. The highest BCUT2D eigenvalue weighted by Crippen LogP contribution is 2.24. The van der Waals surface area contributed by atoms with Crippen molar-refractivity contribution in [3.8, 4) is 0 Å². The van der Waals surface area contributed by atoms with Crippen LogP contribution in [0, 0.1) is 5.41 Å². The number of rotatable bonds is 6. The van der Waals surface area contributed by atoms with Crippen molar-refractivity contribution in [1.82, 2.24) is 10.2 Å². The van der Waals surface area contributed by atoms with E-state index in [1.807, 2.05) is 7.05 Å². The van der Waals surface area contributed by atoms with Gasteiger partial charge in [-0.2, -0.15) is 0 Å². The Morgan fingerprint density at radius 1 is 1.44 bits per heavy atom. The molecule has 16 heavy (non-hydrogen) atoms. The first-order valence-electron chi connectivity index (χ1n) is 5.97. The van der Waals surface area contributed by atoms with Crippen LogP contribution in [0.2, 0.25) is 0 Å². The number of nitrogens with one attached hydrogen (secondary N) is 1. The molecule has 1 aliphatic heterocycles. The summed E-state index contributed by atoms with van der Waals surface area (Å²) in [5, 5.41) is 3.36. The zero-order valence-corrected chi connectivity index (χ0v) is 11.4. The van der Waals surface area contributed by atoms with E-state index in [9.17, 15) is 8.42 Å². The Balaban J connectivity index is 2.33. The van der Waals surface area contributed by atoms with Gasteiger partial charge in [-0.05, 0) is 25.4 Å². The standard InChI is InChI=1S/C11H24N2O2S/c1-4-16(14,15)8-7-13(3)10-11(2)5-6-12-9-11/h12H,4-10H2,1-3H3. The van der Waals surface area contributed by atoms with E-state index in [4.69, 9.17) is 0 Å². The Hall–Kier alpha value is -0.130. The molecule has 0 saturated carbocycles. The Morgan fingerprint density at radius 3 is 2.62 bits per heavy atom. The number of nitrogens with zero attached hydrogens (tertiary/aromatic N) is 1. The maximum atomic E-state index is 11.4. The van der Waals surface area contributed by atoms with Gasteiger partial charge in [0.15, 0.2) is 9.84 Å². The largest absolute Gasteiger partial charge is 0.316 e. The van der Waals surface area contributed by atoms with E-state index in [0.29, 0.717) is 12.0 Å². The predicted molar refractivity (Wildman–Crippen MR) is 67.4 cm³/mol. The lowest BCUT2D eigenvalue weighted by Crippen LogP contribution is -2.37. The smallest absolute Gasteiger partial charge is 0.151 e. The van der Waals surface area contributed by atoms with Crippen LogP contribution in [0.25, 0.3) is 0 Å². The average molecular weight is 248 g/mol. The molecule has 1 unspecified atom stereocenters. The number of sulfone groups is 1. The molecule has 1 atom stereocenters. The van der Waals surface area contributed by atoms with Crippen LogP contribution >= 0.6 is 0 Å². The van der Waals surface area contributed by atoms with Crippen molar-refractivity contribution in [2.75, 3.05) is 44.7 Å². The second kappa shape index (κ2) is 5.47. The van der Waals surface area contributed by atoms with E-state index in [-0.39, 0.29) is 11.5 Å². The van der Waals surface area contributed by atoms with Crippen LogP contribution in [0.4, 0.5) is 0 Å². The molecule has 0 radical (unpaired) electrons. The number of hydrogen-bond donors (Lipinski definition) is 1. The normalized spacial score (nSPS) is 26.5. The minimum atomic E-state index is -2.83. The van der Waals surface area contributed by atoms with Gasteiger partial charge < -0.3 is 10.2 Å². The summed E-state index contributed by atoms with van der Waals surface area (Å²) in [6.07, 6.45) is 1.18. The van der Waals surface area contributed by atoms with Crippen molar-refractivity contribution >= 4 is 9.84 Å². The molecule has 5 heteroatoms. The Morgan fingerprint density at radius 2 is 2.12 bits per heavy atom. The Bertz CT molecular complexity index is 308. The Labute approximate surface area is 99.3 Å². The Kier molecular flexibility index (Phi) is 4.76.